The van der Waals surface area contributed by atoms with Crippen molar-refractivity contribution in [1.29, 1.82) is 0 Å². The zero-order valence-corrected chi connectivity index (χ0v) is 19.4. The van der Waals surface area contributed by atoms with Crippen LogP contribution < -0.4 is 23.7 Å². The Morgan fingerprint density at radius 1 is 0.882 bits per heavy atom. The Kier molecular flexibility index (Phi) is 5.57. The number of hydrazone groups is 1. The molecule has 0 bridgehead atoms. The Morgan fingerprint density at radius 3 is 2.41 bits per heavy atom. The standard InChI is InChI=1S/C26H26N2O6/c1-30-16-9-10-21(29)18(13-16)19-14-20-17-6-5-7-23(32-3)25(17)34-26(28(20)27-19)15-8-11-22(31-2)24(12-15)33-4/h5-13,20,26,29H,14H2,1-4H3/t20-,26-/m0/s1. The Morgan fingerprint density at radius 2 is 1.68 bits per heavy atom. The van der Waals surface area contributed by atoms with Crippen molar-refractivity contribution in [2.24, 2.45) is 5.10 Å². The van der Waals surface area contributed by atoms with Crippen molar-refractivity contribution in [3.05, 3.63) is 71.3 Å². The lowest BCUT2D eigenvalue weighted by molar-refractivity contribution is -0.0210. The number of methoxy groups -OCH3 is 4. The number of nitrogens with zero attached hydrogens (tertiary/aromatic N) is 2. The molecule has 2 heterocycles. The van der Waals surface area contributed by atoms with Crippen molar-refractivity contribution in [3.8, 4) is 34.5 Å². The molecule has 3 aromatic carbocycles. The van der Waals surface area contributed by atoms with Crippen molar-refractivity contribution in [3.63, 3.8) is 0 Å². The molecular weight excluding hydrogens is 436 g/mol. The van der Waals surface area contributed by atoms with Gasteiger partial charge in [0.05, 0.1) is 40.2 Å². The molecule has 0 saturated heterocycles. The molecule has 0 saturated carbocycles. The molecule has 8 nitrogen and oxygen atoms in total. The minimum Gasteiger partial charge on any atom is -0.507 e. The van der Waals surface area contributed by atoms with Crippen molar-refractivity contribution in [1.82, 2.24) is 5.01 Å². The molecule has 1 N–H and O–H groups in total. The fraction of sp³-hybridized carbons (Fsp3) is 0.269. The van der Waals surface area contributed by atoms with Gasteiger partial charge in [-0.2, -0.15) is 5.10 Å². The summed E-state index contributed by atoms with van der Waals surface area (Å²) in [4.78, 5) is 0. The van der Waals surface area contributed by atoms with Gasteiger partial charge in [-0.15, -0.1) is 0 Å². The van der Waals surface area contributed by atoms with Gasteiger partial charge in [-0.1, -0.05) is 12.1 Å². The summed E-state index contributed by atoms with van der Waals surface area (Å²) in [6.07, 6.45) is 0.0347. The van der Waals surface area contributed by atoms with Gasteiger partial charge < -0.3 is 28.8 Å². The summed E-state index contributed by atoms with van der Waals surface area (Å²) in [5.41, 5.74) is 3.19. The number of phenols is 1. The monoisotopic (exact) mass is 462 g/mol. The first-order valence-electron chi connectivity index (χ1n) is 10.9. The third kappa shape index (κ3) is 3.51. The molecule has 0 radical (unpaired) electrons. The maximum Gasteiger partial charge on any atom is 0.214 e. The smallest absolute Gasteiger partial charge is 0.214 e. The van der Waals surface area contributed by atoms with Gasteiger partial charge in [-0.05, 0) is 42.5 Å². The van der Waals surface area contributed by atoms with Crippen LogP contribution in [0.15, 0.2) is 59.7 Å². The molecule has 5 rings (SSSR count). The number of hydrogen-bond donors (Lipinski definition) is 1. The summed E-state index contributed by atoms with van der Waals surface area (Å²) in [6, 6.07) is 16.5. The Hall–Kier alpha value is -4.07. The van der Waals surface area contributed by atoms with Crippen LogP contribution in [0, 0.1) is 0 Å². The number of rotatable bonds is 6. The molecule has 2 atom stereocenters. The van der Waals surface area contributed by atoms with E-state index in [-0.39, 0.29) is 11.8 Å². The van der Waals surface area contributed by atoms with Gasteiger partial charge in [-0.3, -0.25) is 0 Å². The van der Waals surface area contributed by atoms with Crippen molar-refractivity contribution in [2.75, 3.05) is 28.4 Å². The number of fused-ring (bicyclic) bond motifs is 3. The fourth-order valence-electron chi connectivity index (χ4n) is 4.51. The number of phenolic OH excluding ortho intramolecular Hbond substituents is 1. The molecule has 0 aliphatic carbocycles. The van der Waals surface area contributed by atoms with Gasteiger partial charge in [0.25, 0.3) is 0 Å². The van der Waals surface area contributed by atoms with Gasteiger partial charge in [0, 0.05) is 23.1 Å². The third-order valence-corrected chi connectivity index (χ3v) is 6.21. The van der Waals surface area contributed by atoms with Gasteiger partial charge in [0.1, 0.15) is 11.5 Å². The highest BCUT2D eigenvalue weighted by Crippen LogP contribution is 2.51. The maximum absolute atomic E-state index is 10.6. The van der Waals surface area contributed by atoms with E-state index >= 15 is 0 Å². The molecule has 3 aromatic rings. The molecule has 176 valence electrons. The quantitative estimate of drug-likeness (QED) is 0.570. The predicted molar refractivity (Wildman–Crippen MR) is 126 cm³/mol. The van der Waals surface area contributed by atoms with E-state index in [1.54, 1.807) is 46.6 Å². The van der Waals surface area contributed by atoms with Crippen molar-refractivity contribution in [2.45, 2.75) is 18.7 Å². The third-order valence-electron chi connectivity index (χ3n) is 6.21. The van der Waals surface area contributed by atoms with Gasteiger partial charge in [0.15, 0.2) is 23.0 Å². The van der Waals surface area contributed by atoms with E-state index in [0.717, 1.165) is 16.8 Å². The average molecular weight is 463 g/mol. The number of para-hydroxylation sites is 1. The van der Waals surface area contributed by atoms with Crippen molar-refractivity contribution >= 4 is 5.71 Å². The number of aromatic hydroxyl groups is 1. The zero-order valence-electron chi connectivity index (χ0n) is 19.4. The minimum atomic E-state index is -0.543. The molecule has 2 aliphatic rings. The summed E-state index contributed by atoms with van der Waals surface area (Å²) >= 11 is 0. The molecule has 34 heavy (non-hydrogen) atoms. The molecule has 8 heteroatoms. The van der Waals surface area contributed by atoms with Crippen LogP contribution in [0.3, 0.4) is 0 Å². The first-order chi connectivity index (χ1) is 16.6. The van der Waals surface area contributed by atoms with Crippen LogP contribution in [0.1, 0.15) is 35.4 Å². The van der Waals surface area contributed by atoms with Crippen LogP contribution in [0.2, 0.25) is 0 Å². The van der Waals surface area contributed by atoms with E-state index in [1.165, 1.54) is 0 Å². The van der Waals surface area contributed by atoms with Crippen LogP contribution in [-0.2, 0) is 0 Å². The van der Waals surface area contributed by atoms with Crippen LogP contribution in [0.25, 0.3) is 0 Å². The Balaban J connectivity index is 1.63. The first-order valence-corrected chi connectivity index (χ1v) is 10.9. The highest BCUT2D eigenvalue weighted by Gasteiger charge is 2.42. The van der Waals surface area contributed by atoms with E-state index in [9.17, 15) is 5.11 Å². The van der Waals surface area contributed by atoms with Crippen LogP contribution in [0.5, 0.6) is 34.5 Å². The second-order valence-corrected chi connectivity index (χ2v) is 7.99. The fourth-order valence-corrected chi connectivity index (χ4v) is 4.51. The lowest BCUT2D eigenvalue weighted by Gasteiger charge is -2.38. The SMILES string of the molecule is COc1ccc(O)c(C2=NN3[C@@H](C2)c2cccc(OC)c2O[C@H]3c2ccc(OC)c(OC)c2)c1. The number of benzene rings is 3. The molecular formula is C26H26N2O6. The highest BCUT2D eigenvalue weighted by molar-refractivity contribution is 6.04. The van der Waals surface area contributed by atoms with Crippen LogP contribution in [-0.4, -0.2) is 44.3 Å². The second-order valence-electron chi connectivity index (χ2n) is 7.99. The summed E-state index contributed by atoms with van der Waals surface area (Å²) < 4.78 is 28.4. The van der Waals surface area contributed by atoms with Crippen LogP contribution >= 0.6 is 0 Å². The summed E-state index contributed by atoms with van der Waals surface area (Å²) in [5.74, 6) is 3.35. The Bertz CT molecular complexity index is 1260. The maximum atomic E-state index is 10.6. The molecule has 0 spiro atoms. The lowest BCUT2D eigenvalue weighted by Crippen LogP contribution is -2.33. The number of ether oxygens (including phenoxy) is 5. The highest BCUT2D eigenvalue weighted by atomic mass is 16.5. The van der Waals surface area contributed by atoms with E-state index in [2.05, 4.69) is 0 Å². The molecule has 0 aromatic heterocycles. The first kappa shape index (κ1) is 21.8. The summed E-state index contributed by atoms with van der Waals surface area (Å²) in [6.45, 7) is 0. The molecule has 0 amide bonds. The largest absolute Gasteiger partial charge is 0.507 e. The predicted octanol–water partition coefficient (Wildman–Crippen LogP) is 4.67. The van der Waals surface area contributed by atoms with Crippen LogP contribution in [0.4, 0.5) is 0 Å². The van der Waals surface area contributed by atoms with Gasteiger partial charge in [-0.25, -0.2) is 5.01 Å². The topological polar surface area (TPSA) is 82.0 Å². The van der Waals surface area contributed by atoms with E-state index in [1.807, 2.05) is 41.4 Å². The van der Waals surface area contributed by atoms with Crippen molar-refractivity contribution < 1.29 is 28.8 Å². The number of hydrogen-bond acceptors (Lipinski definition) is 8. The Labute approximate surface area is 197 Å². The van der Waals surface area contributed by atoms with E-state index < -0.39 is 6.23 Å². The van der Waals surface area contributed by atoms with E-state index in [4.69, 9.17) is 28.8 Å². The van der Waals surface area contributed by atoms with Gasteiger partial charge >= 0.3 is 0 Å². The molecule has 0 unspecified atom stereocenters. The lowest BCUT2D eigenvalue weighted by atomic mass is 9.95. The normalized spacial score (nSPS) is 18.4. The molecule has 0 fully saturated rings. The molecule has 2 aliphatic heterocycles. The second kappa shape index (κ2) is 8.70. The van der Waals surface area contributed by atoms with E-state index in [0.29, 0.717) is 40.7 Å². The van der Waals surface area contributed by atoms with Gasteiger partial charge in [0.2, 0.25) is 6.23 Å². The summed E-state index contributed by atoms with van der Waals surface area (Å²) in [5, 5.41) is 17.4. The average Bonchev–Trinajstić information content (AvgIpc) is 3.33. The minimum absolute atomic E-state index is 0.113. The summed E-state index contributed by atoms with van der Waals surface area (Å²) in [7, 11) is 6.42. The zero-order chi connectivity index (χ0) is 23.8.